The molecule has 0 spiro atoms. The van der Waals surface area contributed by atoms with E-state index in [1.807, 2.05) is 13.8 Å². The molecule has 0 saturated heterocycles. The summed E-state index contributed by atoms with van der Waals surface area (Å²) in [5, 5.41) is 0. The first kappa shape index (κ1) is 20.3. The lowest BCUT2D eigenvalue weighted by molar-refractivity contribution is -0.122. The highest BCUT2D eigenvalue weighted by molar-refractivity contribution is 5.83. The molecule has 0 fully saturated rings. The van der Waals surface area contributed by atoms with Crippen molar-refractivity contribution in [1.82, 2.24) is 4.90 Å². The van der Waals surface area contributed by atoms with Gasteiger partial charge in [0, 0.05) is 26.3 Å². The minimum atomic E-state index is -0.901. The van der Waals surface area contributed by atoms with Crippen LogP contribution in [0.3, 0.4) is 0 Å². The molecule has 0 bridgehead atoms. The van der Waals surface area contributed by atoms with E-state index in [1.54, 1.807) is 6.92 Å². The molecule has 0 saturated carbocycles. The fourth-order valence-corrected chi connectivity index (χ4v) is 1.96. The zero-order chi connectivity index (χ0) is 16.1. The molecule has 21 heavy (non-hydrogen) atoms. The molecule has 0 aliphatic carbocycles. The van der Waals surface area contributed by atoms with Crippen molar-refractivity contribution in [3.8, 4) is 0 Å². The van der Waals surface area contributed by atoms with Gasteiger partial charge < -0.3 is 20.9 Å². The number of hydrogen-bond donors (Lipinski definition) is 2. The monoisotopic (exact) mass is 303 g/mol. The number of nitrogens with zero attached hydrogens (tertiary/aromatic N) is 1. The second-order valence-electron chi connectivity index (χ2n) is 5.47. The summed E-state index contributed by atoms with van der Waals surface area (Å²) >= 11 is 0. The minimum absolute atomic E-state index is 0.438. The van der Waals surface area contributed by atoms with Gasteiger partial charge in [0.2, 0.25) is 5.91 Å². The summed E-state index contributed by atoms with van der Waals surface area (Å²) < 4.78 is 10.8. The SMILES string of the molecule is CCOCCN(CCCCC(C)(N)C(N)=O)CCOCC. The Morgan fingerprint density at radius 3 is 2.00 bits per heavy atom. The molecular formula is C15H33N3O3. The maximum absolute atomic E-state index is 11.2. The Kier molecular flexibility index (Phi) is 11.5. The van der Waals surface area contributed by atoms with Gasteiger partial charge in [-0.2, -0.15) is 0 Å². The molecule has 1 amide bonds. The maximum atomic E-state index is 11.2. The number of nitrogens with two attached hydrogens (primary N) is 2. The van der Waals surface area contributed by atoms with E-state index in [4.69, 9.17) is 20.9 Å². The van der Waals surface area contributed by atoms with E-state index in [-0.39, 0.29) is 0 Å². The number of carbonyl (C=O) groups excluding carboxylic acids is 1. The fourth-order valence-electron chi connectivity index (χ4n) is 1.96. The van der Waals surface area contributed by atoms with Crippen molar-refractivity contribution in [2.45, 2.75) is 45.6 Å². The van der Waals surface area contributed by atoms with Crippen LogP contribution in [0.2, 0.25) is 0 Å². The average Bonchev–Trinajstić information content (AvgIpc) is 2.43. The standard InChI is InChI=1S/C15H33N3O3/c1-4-20-12-10-18(11-13-21-5-2)9-7-6-8-15(3,17)14(16)19/h4-13,17H2,1-3H3,(H2,16,19). The molecular weight excluding hydrogens is 270 g/mol. The van der Waals surface area contributed by atoms with Crippen LogP contribution in [0.4, 0.5) is 0 Å². The molecule has 0 aromatic rings. The normalized spacial score (nSPS) is 14.3. The summed E-state index contributed by atoms with van der Waals surface area (Å²) in [6.45, 7) is 11.4. The van der Waals surface area contributed by atoms with Gasteiger partial charge in [0.1, 0.15) is 0 Å². The number of rotatable bonds is 14. The number of ether oxygens (including phenoxy) is 2. The molecule has 0 heterocycles. The molecule has 6 heteroatoms. The van der Waals surface area contributed by atoms with Gasteiger partial charge in [-0.3, -0.25) is 9.69 Å². The largest absolute Gasteiger partial charge is 0.380 e. The number of primary amides is 1. The van der Waals surface area contributed by atoms with Crippen molar-refractivity contribution < 1.29 is 14.3 Å². The first-order valence-electron chi connectivity index (χ1n) is 7.90. The molecule has 1 unspecified atom stereocenters. The van der Waals surface area contributed by atoms with Gasteiger partial charge in [-0.25, -0.2) is 0 Å². The van der Waals surface area contributed by atoms with Gasteiger partial charge in [-0.1, -0.05) is 0 Å². The van der Waals surface area contributed by atoms with Crippen LogP contribution in [-0.4, -0.2) is 62.4 Å². The Balaban J connectivity index is 3.95. The van der Waals surface area contributed by atoms with E-state index in [0.717, 1.165) is 58.9 Å². The third-order valence-corrected chi connectivity index (χ3v) is 3.50. The van der Waals surface area contributed by atoms with E-state index in [2.05, 4.69) is 4.90 Å². The molecule has 0 aromatic carbocycles. The molecule has 0 aromatic heterocycles. The van der Waals surface area contributed by atoms with Crippen molar-refractivity contribution in [1.29, 1.82) is 0 Å². The predicted octanol–water partition coefficient (Wildman–Crippen LogP) is 0.734. The van der Waals surface area contributed by atoms with Crippen LogP contribution in [0, 0.1) is 0 Å². The first-order valence-corrected chi connectivity index (χ1v) is 7.90. The molecule has 1 atom stereocenters. The van der Waals surface area contributed by atoms with E-state index < -0.39 is 11.4 Å². The van der Waals surface area contributed by atoms with Crippen molar-refractivity contribution in [3.63, 3.8) is 0 Å². The topological polar surface area (TPSA) is 90.8 Å². The number of unbranched alkanes of at least 4 members (excludes halogenated alkanes) is 1. The van der Waals surface area contributed by atoms with Gasteiger partial charge >= 0.3 is 0 Å². The lowest BCUT2D eigenvalue weighted by Gasteiger charge is -2.24. The lowest BCUT2D eigenvalue weighted by atomic mass is 9.95. The minimum Gasteiger partial charge on any atom is -0.380 e. The smallest absolute Gasteiger partial charge is 0.237 e. The molecule has 0 rings (SSSR count). The van der Waals surface area contributed by atoms with Crippen molar-refractivity contribution in [2.75, 3.05) is 46.1 Å². The second kappa shape index (κ2) is 11.9. The van der Waals surface area contributed by atoms with Gasteiger partial charge in [-0.15, -0.1) is 0 Å². The summed E-state index contributed by atoms with van der Waals surface area (Å²) in [6.07, 6.45) is 2.49. The van der Waals surface area contributed by atoms with E-state index >= 15 is 0 Å². The summed E-state index contributed by atoms with van der Waals surface area (Å²) in [5.41, 5.74) is 10.2. The molecule has 0 aliphatic heterocycles. The van der Waals surface area contributed by atoms with Gasteiger partial charge in [-0.05, 0) is 46.6 Å². The van der Waals surface area contributed by atoms with Crippen LogP contribution in [0.15, 0.2) is 0 Å². The van der Waals surface area contributed by atoms with E-state index in [9.17, 15) is 4.79 Å². The predicted molar refractivity (Wildman–Crippen MR) is 85.1 cm³/mol. The molecule has 4 N–H and O–H groups in total. The molecule has 0 radical (unpaired) electrons. The van der Waals surface area contributed by atoms with Gasteiger partial charge in [0.25, 0.3) is 0 Å². The molecule has 6 nitrogen and oxygen atoms in total. The highest BCUT2D eigenvalue weighted by atomic mass is 16.5. The van der Waals surface area contributed by atoms with Gasteiger partial charge in [0.15, 0.2) is 0 Å². The Labute approximate surface area is 129 Å². The number of carbonyl (C=O) groups is 1. The zero-order valence-corrected chi connectivity index (χ0v) is 13.9. The highest BCUT2D eigenvalue weighted by Crippen LogP contribution is 2.10. The summed E-state index contributed by atoms with van der Waals surface area (Å²) in [7, 11) is 0. The second-order valence-corrected chi connectivity index (χ2v) is 5.47. The average molecular weight is 303 g/mol. The fraction of sp³-hybridized carbons (Fsp3) is 0.933. The lowest BCUT2D eigenvalue weighted by Crippen LogP contribution is -2.49. The van der Waals surface area contributed by atoms with Gasteiger partial charge in [0.05, 0.1) is 18.8 Å². The Bertz CT molecular complexity index is 263. The van der Waals surface area contributed by atoms with Crippen LogP contribution in [0.5, 0.6) is 0 Å². The van der Waals surface area contributed by atoms with Crippen molar-refractivity contribution in [2.24, 2.45) is 11.5 Å². The third kappa shape index (κ3) is 10.6. The maximum Gasteiger partial charge on any atom is 0.237 e. The van der Waals surface area contributed by atoms with Crippen molar-refractivity contribution >= 4 is 5.91 Å². The van der Waals surface area contributed by atoms with Crippen LogP contribution >= 0.6 is 0 Å². The number of amides is 1. The Morgan fingerprint density at radius 1 is 1.05 bits per heavy atom. The third-order valence-electron chi connectivity index (χ3n) is 3.50. The Hall–Kier alpha value is -0.690. The van der Waals surface area contributed by atoms with Crippen LogP contribution in [0.25, 0.3) is 0 Å². The summed E-state index contributed by atoms with van der Waals surface area (Å²) in [5.74, 6) is -0.438. The molecule has 0 aliphatic rings. The van der Waals surface area contributed by atoms with Crippen LogP contribution < -0.4 is 11.5 Å². The van der Waals surface area contributed by atoms with Crippen molar-refractivity contribution in [3.05, 3.63) is 0 Å². The number of hydrogen-bond acceptors (Lipinski definition) is 5. The Morgan fingerprint density at radius 2 is 1.57 bits per heavy atom. The van der Waals surface area contributed by atoms with Crippen LogP contribution in [0.1, 0.15) is 40.0 Å². The van der Waals surface area contributed by atoms with Crippen LogP contribution in [-0.2, 0) is 14.3 Å². The highest BCUT2D eigenvalue weighted by Gasteiger charge is 2.24. The van der Waals surface area contributed by atoms with E-state index in [0.29, 0.717) is 6.42 Å². The quantitative estimate of drug-likeness (QED) is 0.462. The van der Waals surface area contributed by atoms with E-state index in [1.165, 1.54) is 0 Å². The summed E-state index contributed by atoms with van der Waals surface area (Å²) in [4.78, 5) is 13.5. The zero-order valence-electron chi connectivity index (χ0n) is 13.9. The molecule has 126 valence electrons. The first-order chi connectivity index (χ1) is 9.94. The summed E-state index contributed by atoms with van der Waals surface area (Å²) in [6, 6.07) is 0.